The van der Waals surface area contributed by atoms with E-state index in [4.69, 9.17) is 5.11 Å². The van der Waals surface area contributed by atoms with E-state index in [0.29, 0.717) is 12.2 Å². The fourth-order valence-electron chi connectivity index (χ4n) is 1.43. The van der Waals surface area contributed by atoms with Crippen LogP contribution in [0.1, 0.15) is 17.5 Å². The van der Waals surface area contributed by atoms with Crippen molar-refractivity contribution in [1.29, 1.82) is 0 Å². The van der Waals surface area contributed by atoms with E-state index in [9.17, 15) is 9.59 Å². The van der Waals surface area contributed by atoms with Crippen LogP contribution in [0.4, 0.5) is 0 Å². The fourth-order valence-corrected chi connectivity index (χ4v) is 2.37. The summed E-state index contributed by atoms with van der Waals surface area (Å²) in [4.78, 5) is 21.5. The van der Waals surface area contributed by atoms with E-state index < -0.39 is 5.97 Å². The van der Waals surface area contributed by atoms with Gasteiger partial charge in [-0.15, -0.1) is 0 Å². The third kappa shape index (κ3) is 6.10. The minimum absolute atomic E-state index is 0.216. The molecule has 0 saturated carbocycles. The van der Waals surface area contributed by atoms with Crippen molar-refractivity contribution in [3.63, 3.8) is 0 Å². The zero-order valence-electron chi connectivity index (χ0n) is 10.7. The van der Waals surface area contributed by atoms with Gasteiger partial charge in [0.05, 0.1) is 13.5 Å². The third-order valence-corrected chi connectivity index (χ3v) is 3.40. The van der Waals surface area contributed by atoms with E-state index in [1.165, 1.54) is 7.11 Å². The summed E-state index contributed by atoms with van der Waals surface area (Å²) in [5.74, 6) is 0.237. The van der Waals surface area contributed by atoms with Crippen LogP contribution in [0.15, 0.2) is 30.3 Å². The number of benzene rings is 1. The predicted octanol–water partition coefficient (Wildman–Crippen LogP) is 2.58. The van der Waals surface area contributed by atoms with Gasteiger partial charge in [0.1, 0.15) is 0 Å². The maximum absolute atomic E-state index is 11.0. The molecule has 0 aliphatic heterocycles. The molecule has 0 unspecified atom stereocenters. The molecule has 102 valence electrons. The average Bonchev–Trinajstić information content (AvgIpc) is 2.41. The van der Waals surface area contributed by atoms with Gasteiger partial charge in [0.25, 0.3) is 0 Å². The normalized spacial score (nSPS) is 10.6. The second kappa shape index (κ2) is 8.37. The lowest BCUT2D eigenvalue weighted by molar-refractivity contribution is -0.140. The number of carboxylic acid groups (broad SMARTS) is 1. The van der Waals surface area contributed by atoms with Gasteiger partial charge in [-0.3, -0.25) is 4.79 Å². The first kappa shape index (κ1) is 15.3. The number of carboxylic acids is 1. The molecule has 0 bridgehead atoms. The molecule has 0 heterocycles. The van der Waals surface area contributed by atoms with Crippen molar-refractivity contribution in [2.75, 3.05) is 12.9 Å². The Morgan fingerprint density at radius 1 is 1.37 bits per heavy atom. The van der Waals surface area contributed by atoms with Crippen LogP contribution < -0.4 is 0 Å². The number of rotatable bonds is 7. The Bertz CT molecular complexity index is 468. The molecule has 0 aliphatic rings. The number of aliphatic carboxylic acids is 1. The van der Waals surface area contributed by atoms with Gasteiger partial charge in [-0.1, -0.05) is 24.3 Å². The first-order valence-corrected chi connectivity index (χ1v) is 6.92. The second-order valence-corrected chi connectivity index (χ2v) is 4.85. The van der Waals surface area contributed by atoms with Crippen molar-refractivity contribution in [2.24, 2.45) is 0 Å². The number of hydrogen-bond acceptors (Lipinski definition) is 4. The Kier molecular flexibility index (Phi) is 6.74. The van der Waals surface area contributed by atoms with Crippen LogP contribution in [0, 0.1) is 0 Å². The van der Waals surface area contributed by atoms with E-state index >= 15 is 0 Å². The maximum Gasteiger partial charge on any atom is 0.328 e. The Balaban J connectivity index is 2.53. The lowest BCUT2D eigenvalue weighted by atomic mass is 10.1. The van der Waals surface area contributed by atoms with Gasteiger partial charge in [0, 0.05) is 17.6 Å². The van der Waals surface area contributed by atoms with Crippen LogP contribution in [-0.2, 0) is 20.1 Å². The lowest BCUT2D eigenvalue weighted by Crippen LogP contribution is -2.01. The van der Waals surface area contributed by atoms with E-state index in [-0.39, 0.29) is 5.97 Å². The molecule has 0 radical (unpaired) electrons. The molecular weight excluding hydrogens is 264 g/mol. The number of carbonyl (C=O) groups is 2. The number of carbonyl (C=O) groups excluding carboxylic acids is 1. The minimum atomic E-state index is -0.965. The summed E-state index contributed by atoms with van der Waals surface area (Å²) in [6.07, 6.45) is 3.09. The van der Waals surface area contributed by atoms with Gasteiger partial charge in [0.2, 0.25) is 0 Å². The average molecular weight is 280 g/mol. The van der Waals surface area contributed by atoms with Gasteiger partial charge < -0.3 is 9.84 Å². The topological polar surface area (TPSA) is 63.6 Å². The molecule has 0 spiro atoms. The molecule has 0 aromatic heterocycles. The van der Waals surface area contributed by atoms with Gasteiger partial charge in [0.15, 0.2) is 0 Å². The molecule has 0 saturated heterocycles. The summed E-state index contributed by atoms with van der Waals surface area (Å²) >= 11 is 1.62. The van der Waals surface area contributed by atoms with Crippen molar-refractivity contribution in [3.8, 4) is 0 Å². The highest BCUT2D eigenvalue weighted by Crippen LogP contribution is 2.18. The molecule has 1 aromatic rings. The zero-order valence-corrected chi connectivity index (χ0v) is 11.5. The Hall–Kier alpha value is -1.75. The van der Waals surface area contributed by atoms with Gasteiger partial charge >= 0.3 is 11.9 Å². The van der Waals surface area contributed by atoms with E-state index in [1.807, 2.05) is 24.3 Å². The van der Waals surface area contributed by atoms with Crippen LogP contribution in [0.3, 0.4) is 0 Å². The standard InChI is InChI=1S/C14H16O4S/c1-18-14(17)8-9-19-10-12-5-3-2-4-11(12)6-7-13(15)16/h2-7H,8-10H2,1H3,(H,15,16)/b7-6+. The number of ether oxygens (including phenoxy) is 1. The number of hydrogen-bond donors (Lipinski definition) is 1. The van der Waals surface area contributed by atoms with Crippen molar-refractivity contribution in [3.05, 3.63) is 41.5 Å². The van der Waals surface area contributed by atoms with E-state index in [1.54, 1.807) is 17.8 Å². The molecule has 1 rings (SSSR count). The quantitative estimate of drug-likeness (QED) is 0.472. The summed E-state index contributed by atoms with van der Waals surface area (Å²) in [6, 6.07) is 7.60. The number of esters is 1. The molecule has 1 N–H and O–H groups in total. The van der Waals surface area contributed by atoms with Crippen molar-refractivity contribution >= 4 is 29.8 Å². The molecule has 5 heteroatoms. The minimum Gasteiger partial charge on any atom is -0.478 e. The molecule has 4 nitrogen and oxygen atoms in total. The third-order valence-electron chi connectivity index (χ3n) is 2.40. The highest BCUT2D eigenvalue weighted by molar-refractivity contribution is 7.98. The monoisotopic (exact) mass is 280 g/mol. The van der Waals surface area contributed by atoms with Crippen LogP contribution in [-0.4, -0.2) is 29.9 Å². The highest BCUT2D eigenvalue weighted by Gasteiger charge is 2.02. The molecular formula is C14H16O4S. The Morgan fingerprint density at radius 3 is 2.79 bits per heavy atom. The Labute approximate surface area is 116 Å². The molecule has 1 aromatic carbocycles. The van der Waals surface area contributed by atoms with Gasteiger partial charge in [-0.25, -0.2) is 4.79 Å². The SMILES string of the molecule is COC(=O)CCSCc1ccccc1/C=C/C(=O)O. The van der Waals surface area contributed by atoms with Crippen molar-refractivity contribution < 1.29 is 19.4 Å². The van der Waals surface area contributed by atoms with E-state index in [2.05, 4.69) is 4.74 Å². The van der Waals surface area contributed by atoms with Gasteiger partial charge in [-0.2, -0.15) is 11.8 Å². The molecule has 0 amide bonds. The summed E-state index contributed by atoms with van der Waals surface area (Å²) in [5.41, 5.74) is 1.94. The van der Waals surface area contributed by atoms with Crippen molar-refractivity contribution in [2.45, 2.75) is 12.2 Å². The highest BCUT2D eigenvalue weighted by atomic mass is 32.2. The molecule has 0 aliphatic carbocycles. The largest absolute Gasteiger partial charge is 0.478 e. The number of methoxy groups -OCH3 is 1. The first-order chi connectivity index (χ1) is 9.13. The molecule has 0 atom stereocenters. The second-order valence-electron chi connectivity index (χ2n) is 3.75. The van der Waals surface area contributed by atoms with Gasteiger partial charge in [-0.05, 0) is 17.2 Å². The van der Waals surface area contributed by atoms with Crippen LogP contribution in [0.25, 0.3) is 6.08 Å². The van der Waals surface area contributed by atoms with Crippen LogP contribution in [0.5, 0.6) is 0 Å². The van der Waals surface area contributed by atoms with Crippen molar-refractivity contribution in [1.82, 2.24) is 0 Å². The first-order valence-electron chi connectivity index (χ1n) is 5.77. The zero-order chi connectivity index (χ0) is 14.1. The number of thioether (sulfide) groups is 1. The summed E-state index contributed by atoms with van der Waals surface area (Å²) in [6.45, 7) is 0. The molecule has 0 fully saturated rings. The molecule has 19 heavy (non-hydrogen) atoms. The van der Waals surface area contributed by atoms with E-state index in [0.717, 1.165) is 23.0 Å². The maximum atomic E-state index is 11.0. The predicted molar refractivity (Wildman–Crippen MR) is 75.9 cm³/mol. The van der Waals surface area contributed by atoms with Crippen LogP contribution in [0.2, 0.25) is 0 Å². The lowest BCUT2D eigenvalue weighted by Gasteiger charge is -2.05. The smallest absolute Gasteiger partial charge is 0.328 e. The van der Waals surface area contributed by atoms with Crippen LogP contribution >= 0.6 is 11.8 Å². The fraction of sp³-hybridized carbons (Fsp3) is 0.286. The summed E-state index contributed by atoms with van der Waals surface area (Å²) < 4.78 is 4.56. The summed E-state index contributed by atoms with van der Waals surface area (Å²) in [5, 5.41) is 8.62. The summed E-state index contributed by atoms with van der Waals surface area (Å²) in [7, 11) is 1.37. The Morgan fingerprint density at radius 2 is 2.11 bits per heavy atom.